The standard InChI is InChI=1S/C13H19N3OS/c1-8-13(17)15-10-6-9(4-5-12(10)18-8)11(7-14)16(2)3/h4-6,8,11H,7,14H2,1-3H3,(H,15,17). The molecule has 3 N–H and O–H groups in total. The molecule has 98 valence electrons. The zero-order chi connectivity index (χ0) is 13.3. The van der Waals surface area contributed by atoms with Gasteiger partial charge in [-0.3, -0.25) is 4.79 Å². The van der Waals surface area contributed by atoms with Gasteiger partial charge >= 0.3 is 0 Å². The normalized spacial score (nSPS) is 20.5. The van der Waals surface area contributed by atoms with Crippen LogP contribution in [0.4, 0.5) is 5.69 Å². The quantitative estimate of drug-likeness (QED) is 0.873. The van der Waals surface area contributed by atoms with Gasteiger partial charge in [-0.2, -0.15) is 0 Å². The smallest absolute Gasteiger partial charge is 0.237 e. The van der Waals surface area contributed by atoms with E-state index >= 15 is 0 Å². The van der Waals surface area contributed by atoms with Crippen LogP contribution in [0.15, 0.2) is 23.1 Å². The van der Waals surface area contributed by atoms with Crippen LogP contribution in [0.3, 0.4) is 0 Å². The maximum atomic E-state index is 11.7. The van der Waals surface area contributed by atoms with Gasteiger partial charge in [-0.25, -0.2) is 0 Å². The molecule has 0 saturated heterocycles. The highest BCUT2D eigenvalue weighted by Crippen LogP contribution is 2.37. The number of rotatable bonds is 3. The molecule has 0 bridgehead atoms. The van der Waals surface area contributed by atoms with Crippen molar-refractivity contribution in [1.82, 2.24) is 4.90 Å². The molecular weight excluding hydrogens is 246 g/mol. The summed E-state index contributed by atoms with van der Waals surface area (Å²) >= 11 is 1.60. The number of carbonyl (C=O) groups is 1. The van der Waals surface area contributed by atoms with Crippen LogP contribution in [0.1, 0.15) is 18.5 Å². The Morgan fingerprint density at radius 2 is 2.22 bits per heavy atom. The first kappa shape index (κ1) is 13.4. The molecule has 1 aliphatic heterocycles. The SMILES string of the molecule is CC1Sc2ccc(C(CN)N(C)C)cc2NC1=O. The van der Waals surface area contributed by atoms with Crippen molar-refractivity contribution in [2.24, 2.45) is 5.73 Å². The lowest BCUT2D eigenvalue weighted by Gasteiger charge is -2.26. The van der Waals surface area contributed by atoms with Crippen LogP contribution in [0, 0.1) is 0 Å². The van der Waals surface area contributed by atoms with Crippen LogP contribution in [-0.2, 0) is 4.79 Å². The Hall–Kier alpha value is -1.04. The summed E-state index contributed by atoms with van der Waals surface area (Å²) in [6.45, 7) is 2.47. The first-order valence-electron chi connectivity index (χ1n) is 6.01. The minimum Gasteiger partial charge on any atom is -0.329 e. The number of carbonyl (C=O) groups excluding carboxylic acids is 1. The molecule has 1 heterocycles. The summed E-state index contributed by atoms with van der Waals surface area (Å²) < 4.78 is 0. The first-order chi connectivity index (χ1) is 8.52. The van der Waals surface area contributed by atoms with Crippen molar-refractivity contribution in [2.45, 2.75) is 23.1 Å². The predicted octanol–water partition coefficient (Wildman–Crippen LogP) is 1.68. The van der Waals surface area contributed by atoms with Crippen molar-refractivity contribution >= 4 is 23.4 Å². The monoisotopic (exact) mass is 265 g/mol. The van der Waals surface area contributed by atoms with E-state index in [1.54, 1.807) is 11.8 Å². The van der Waals surface area contributed by atoms with Crippen LogP contribution < -0.4 is 11.1 Å². The summed E-state index contributed by atoms with van der Waals surface area (Å²) in [5, 5.41) is 2.92. The van der Waals surface area contributed by atoms with Crippen molar-refractivity contribution in [2.75, 3.05) is 26.0 Å². The lowest BCUT2D eigenvalue weighted by atomic mass is 10.1. The van der Waals surface area contributed by atoms with E-state index in [-0.39, 0.29) is 17.2 Å². The highest BCUT2D eigenvalue weighted by atomic mass is 32.2. The second-order valence-corrected chi connectivity index (χ2v) is 6.10. The second kappa shape index (κ2) is 5.30. The number of nitrogens with two attached hydrogens (primary N) is 1. The molecule has 1 aromatic rings. The molecule has 0 spiro atoms. The van der Waals surface area contributed by atoms with E-state index < -0.39 is 0 Å². The fraction of sp³-hybridized carbons (Fsp3) is 0.462. The maximum absolute atomic E-state index is 11.7. The minimum atomic E-state index is -0.0255. The van der Waals surface area contributed by atoms with E-state index in [1.165, 1.54) is 0 Å². The average Bonchev–Trinajstić information content (AvgIpc) is 2.31. The highest BCUT2D eigenvalue weighted by Gasteiger charge is 2.24. The van der Waals surface area contributed by atoms with Crippen LogP contribution in [0.2, 0.25) is 0 Å². The first-order valence-corrected chi connectivity index (χ1v) is 6.89. The number of nitrogens with zero attached hydrogens (tertiary/aromatic N) is 1. The fourth-order valence-corrected chi connectivity index (χ4v) is 3.01. The summed E-state index contributed by atoms with van der Waals surface area (Å²) in [5.74, 6) is 0.0683. The Kier molecular flexibility index (Phi) is 3.94. The number of thioether (sulfide) groups is 1. The lowest BCUT2D eigenvalue weighted by Crippen LogP contribution is -2.29. The summed E-state index contributed by atoms with van der Waals surface area (Å²) in [6.07, 6.45) is 0. The van der Waals surface area contributed by atoms with Gasteiger partial charge in [-0.1, -0.05) is 6.07 Å². The molecule has 4 nitrogen and oxygen atoms in total. The number of fused-ring (bicyclic) bond motifs is 1. The molecule has 2 unspecified atom stereocenters. The third kappa shape index (κ3) is 2.53. The predicted molar refractivity (Wildman–Crippen MR) is 75.9 cm³/mol. The van der Waals surface area contributed by atoms with E-state index in [2.05, 4.69) is 22.3 Å². The number of amides is 1. The Bertz CT molecular complexity index is 462. The largest absolute Gasteiger partial charge is 0.329 e. The van der Waals surface area contributed by atoms with Crippen molar-refractivity contribution < 1.29 is 4.79 Å². The van der Waals surface area contributed by atoms with Gasteiger partial charge in [0.2, 0.25) is 5.91 Å². The van der Waals surface area contributed by atoms with E-state index in [1.807, 2.05) is 27.1 Å². The number of hydrogen-bond donors (Lipinski definition) is 2. The van der Waals surface area contributed by atoms with Crippen molar-refractivity contribution in [3.05, 3.63) is 23.8 Å². The molecule has 5 heteroatoms. The third-order valence-corrected chi connectivity index (χ3v) is 4.34. The molecule has 0 fully saturated rings. The Balaban J connectivity index is 2.32. The summed E-state index contributed by atoms with van der Waals surface area (Å²) in [5.41, 5.74) is 7.84. The third-order valence-electron chi connectivity index (χ3n) is 3.17. The van der Waals surface area contributed by atoms with Gasteiger partial charge in [0.15, 0.2) is 0 Å². The van der Waals surface area contributed by atoms with Crippen LogP contribution >= 0.6 is 11.8 Å². The van der Waals surface area contributed by atoms with E-state index in [9.17, 15) is 4.79 Å². The Morgan fingerprint density at radius 1 is 1.50 bits per heavy atom. The summed E-state index contributed by atoms with van der Waals surface area (Å²) in [6, 6.07) is 6.37. The summed E-state index contributed by atoms with van der Waals surface area (Å²) in [4.78, 5) is 14.9. The maximum Gasteiger partial charge on any atom is 0.237 e. The number of anilines is 1. The van der Waals surface area contributed by atoms with Gasteiger partial charge in [-0.05, 0) is 38.7 Å². The number of nitrogens with one attached hydrogen (secondary N) is 1. The Labute approximate surface area is 112 Å². The van der Waals surface area contributed by atoms with Gasteiger partial charge in [0.05, 0.1) is 10.9 Å². The average molecular weight is 265 g/mol. The van der Waals surface area contributed by atoms with Gasteiger partial charge in [0.1, 0.15) is 0 Å². The van der Waals surface area contributed by atoms with Gasteiger partial charge in [0, 0.05) is 17.5 Å². The number of hydrogen-bond acceptors (Lipinski definition) is 4. The van der Waals surface area contributed by atoms with E-state index in [0.717, 1.165) is 16.1 Å². The fourth-order valence-electron chi connectivity index (χ4n) is 2.08. The van der Waals surface area contributed by atoms with E-state index in [0.29, 0.717) is 6.54 Å². The van der Waals surface area contributed by atoms with Gasteiger partial charge in [-0.15, -0.1) is 11.8 Å². The molecule has 2 rings (SSSR count). The van der Waals surface area contributed by atoms with E-state index in [4.69, 9.17) is 5.73 Å². The van der Waals surface area contributed by atoms with Crippen LogP contribution in [0.5, 0.6) is 0 Å². The molecule has 1 aliphatic rings. The zero-order valence-electron chi connectivity index (χ0n) is 10.9. The molecule has 0 saturated carbocycles. The summed E-state index contributed by atoms with van der Waals surface area (Å²) in [7, 11) is 4.01. The topological polar surface area (TPSA) is 58.4 Å². The lowest BCUT2D eigenvalue weighted by molar-refractivity contribution is -0.115. The molecule has 1 amide bonds. The minimum absolute atomic E-state index is 0.0255. The number of likely N-dealkylation sites (N-methyl/N-ethyl adjacent to an activating group) is 1. The second-order valence-electron chi connectivity index (χ2n) is 4.72. The molecule has 0 radical (unpaired) electrons. The van der Waals surface area contributed by atoms with Crippen LogP contribution in [0.25, 0.3) is 0 Å². The molecule has 0 aromatic heterocycles. The molecule has 0 aliphatic carbocycles. The molecule has 1 aromatic carbocycles. The van der Waals surface area contributed by atoms with Crippen LogP contribution in [-0.4, -0.2) is 36.7 Å². The molecule has 18 heavy (non-hydrogen) atoms. The van der Waals surface area contributed by atoms with Gasteiger partial charge in [0.25, 0.3) is 0 Å². The zero-order valence-corrected chi connectivity index (χ0v) is 11.8. The van der Waals surface area contributed by atoms with Crippen molar-refractivity contribution in [3.8, 4) is 0 Å². The molecular formula is C13H19N3OS. The number of benzene rings is 1. The molecule has 2 atom stereocenters. The Morgan fingerprint density at radius 3 is 2.83 bits per heavy atom. The van der Waals surface area contributed by atoms with Gasteiger partial charge < -0.3 is 16.0 Å². The van der Waals surface area contributed by atoms with Crippen molar-refractivity contribution in [3.63, 3.8) is 0 Å². The highest BCUT2D eigenvalue weighted by molar-refractivity contribution is 8.00. The van der Waals surface area contributed by atoms with Crippen molar-refractivity contribution in [1.29, 1.82) is 0 Å².